The maximum atomic E-state index is 12.6. The van der Waals surface area contributed by atoms with Crippen LogP contribution in [0.4, 0.5) is 5.69 Å². The third-order valence-corrected chi connectivity index (χ3v) is 5.37. The molecular formula is C28H30ClN3O6. The highest BCUT2D eigenvalue weighted by molar-refractivity contribution is 6.32. The molecule has 0 radical (unpaired) electrons. The van der Waals surface area contributed by atoms with Gasteiger partial charge in [-0.05, 0) is 74.4 Å². The summed E-state index contributed by atoms with van der Waals surface area (Å²) >= 11 is 6.44. The number of hydrogen-bond donors (Lipinski definition) is 2. The van der Waals surface area contributed by atoms with Gasteiger partial charge in [0.2, 0.25) is 0 Å². The van der Waals surface area contributed by atoms with E-state index in [2.05, 4.69) is 15.8 Å². The van der Waals surface area contributed by atoms with Crippen molar-refractivity contribution in [2.45, 2.75) is 20.8 Å². The van der Waals surface area contributed by atoms with Crippen molar-refractivity contribution in [1.82, 2.24) is 5.43 Å². The van der Waals surface area contributed by atoms with Crippen LogP contribution in [0.1, 0.15) is 35.3 Å². The Morgan fingerprint density at radius 3 is 2.42 bits per heavy atom. The van der Waals surface area contributed by atoms with Gasteiger partial charge in [-0.1, -0.05) is 23.7 Å². The standard InChI is InChI=1S/C28H30ClN3O6/c1-5-36-24-15-20(10-11-23(24)35-4)28(34)32-30-16-19-13-22(29)27(25(14-19)37-6-2)38-17-26(33)31-21-9-7-8-18(3)12-21/h7-16H,5-6,17H2,1-4H3,(H,31,33)(H,32,34)/b30-16+. The van der Waals surface area contributed by atoms with Crippen LogP contribution >= 0.6 is 11.6 Å². The largest absolute Gasteiger partial charge is 0.493 e. The van der Waals surface area contributed by atoms with Crippen LogP contribution < -0.4 is 29.7 Å². The molecule has 2 N–H and O–H groups in total. The van der Waals surface area contributed by atoms with Gasteiger partial charge in [-0.3, -0.25) is 9.59 Å². The van der Waals surface area contributed by atoms with Crippen LogP contribution in [-0.4, -0.2) is 45.0 Å². The molecule has 0 aliphatic rings. The summed E-state index contributed by atoms with van der Waals surface area (Å²) in [5.41, 5.74) is 5.08. The summed E-state index contributed by atoms with van der Waals surface area (Å²) in [4.78, 5) is 24.9. The molecule has 0 fully saturated rings. The lowest BCUT2D eigenvalue weighted by Crippen LogP contribution is -2.20. The number of nitrogens with zero attached hydrogens (tertiary/aromatic N) is 1. The molecule has 0 aromatic heterocycles. The minimum Gasteiger partial charge on any atom is -0.493 e. The van der Waals surface area contributed by atoms with E-state index in [0.717, 1.165) is 5.56 Å². The molecule has 0 saturated carbocycles. The van der Waals surface area contributed by atoms with Gasteiger partial charge >= 0.3 is 0 Å². The number of aryl methyl sites for hydroxylation is 1. The summed E-state index contributed by atoms with van der Waals surface area (Å²) in [6, 6.07) is 15.5. The van der Waals surface area contributed by atoms with E-state index in [1.165, 1.54) is 13.3 Å². The second-order valence-corrected chi connectivity index (χ2v) is 8.37. The van der Waals surface area contributed by atoms with Crippen LogP contribution in [0.15, 0.2) is 59.7 Å². The number of amides is 2. The molecule has 3 aromatic rings. The third kappa shape index (κ3) is 7.88. The maximum absolute atomic E-state index is 12.6. The predicted octanol–water partition coefficient (Wildman–Crippen LogP) is 5.24. The number of benzene rings is 3. The van der Waals surface area contributed by atoms with Crippen LogP contribution in [-0.2, 0) is 4.79 Å². The average Bonchev–Trinajstić information content (AvgIpc) is 2.88. The van der Waals surface area contributed by atoms with Gasteiger partial charge < -0.3 is 24.3 Å². The van der Waals surface area contributed by atoms with Crippen molar-refractivity contribution in [2.24, 2.45) is 5.10 Å². The van der Waals surface area contributed by atoms with Gasteiger partial charge in [-0.25, -0.2) is 5.43 Å². The van der Waals surface area contributed by atoms with Crippen LogP contribution in [0.2, 0.25) is 5.02 Å². The Labute approximate surface area is 226 Å². The molecule has 0 aliphatic carbocycles. The molecule has 0 saturated heterocycles. The summed E-state index contributed by atoms with van der Waals surface area (Å²) in [6.45, 7) is 6.11. The van der Waals surface area contributed by atoms with Crippen molar-refractivity contribution >= 4 is 35.3 Å². The fourth-order valence-corrected chi connectivity index (χ4v) is 3.71. The number of carbonyl (C=O) groups excluding carboxylic acids is 2. The molecular weight excluding hydrogens is 510 g/mol. The Bertz CT molecular complexity index is 1310. The van der Waals surface area contributed by atoms with E-state index in [1.807, 2.05) is 39.0 Å². The summed E-state index contributed by atoms with van der Waals surface area (Å²) in [7, 11) is 1.53. The lowest BCUT2D eigenvalue weighted by Gasteiger charge is -2.14. The molecule has 0 bridgehead atoms. The van der Waals surface area contributed by atoms with Gasteiger partial charge in [-0.15, -0.1) is 0 Å². The molecule has 2 amide bonds. The van der Waals surface area contributed by atoms with E-state index in [-0.39, 0.29) is 23.3 Å². The number of halogens is 1. The van der Waals surface area contributed by atoms with Gasteiger partial charge in [0, 0.05) is 11.3 Å². The molecule has 0 heterocycles. The fraction of sp³-hybridized carbons (Fsp3) is 0.250. The van der Waals surface area contributed by atoms with Crippen LogP contribution in [0.3, 0.4) is 0 Å². The maximum Gasteiger partial charge on any atom is 0.271 e. The molecule has 0 spiro atoms. The summed E-state index contributed by atoms with van der Waals surface area (Å²) in [5.74, 6) is 0.792. The first-order chi connectivity index (χ1) is 18.3. The summed E-state index contributed by atoms with van der Waals surface area (Å²) in [5, 5.41) is 7.03. The van der Waals surface area contributed by atoms with E-state index in [0.29, 0.717) is 47.3 Å². The minimum absolute atomic E-state index is 0.226. The molecule has 0 aliphatic heterocycles. The van der Waals surface area contributed by atoms with Crippen molar-refractivity contribution < 1.29 is 28.5 Å². The Morgan fingerprint density at radius 2 is 1.71 bits per heavy atom. The number of anilines is 1. The number of hydrazone groups is 1. The van der Waals surface area contributed by atoms with Crippen molar-refractivity contribution in [3.8, 4) is 23.0 Å². The predicted molar refractivity (Wildman–Crippen MR) is 147 cm³/mol. The number of methoxy groups -OCH3 is 1. The Hall–Kier alpha value is -4.24. The number of ether oxygens (including phenoxy) is 4. The lowest BCUT2D eigenvalue weighted by atomic mass is 10.2. The van der Waals surface area contributed by atoms with Crippen molar-refractivity contribution in [3.05, 3.63) is 76.3 Å². The molecule has 10 heteroatoms. The highest BCUT2D eigenvalue weighted by atomic mass is 35.5. The van der Waals surface area contributed by atoms with Gasteiger partial charge in [-0.2, -0.15) is 5.10 Å². The second-order valence-electron chi connectivity index (χ2n) is 7.97. The average molecular weight is 540 g/mol. The van der Waals surface area contributed by atoms with E-state index < -0.39 is 5.91 Å². The molecule has 0 unspecified atom stereocenters. The zero-order chi connectivity index (χ0) is 27.5. The Balaban J connectivity index is 1.67. The van der Waals surface area contributed by atoms with Crippen molar-refractivity contribution in [3.63, 3.8) is 0 Å². The van der Waals surface area contributed by atoms with E-state index in [4.69, 9.17) is 30.5 Å². The quantitative estimate of drug-likeness (QED) is 0.241. The van der Waals surface area contributed by atoms with Crippen LogP contribution in [0, 0.1) is 6.92 Å². The Morgan fingerprint density at radius 1 is 0.947 bits per heavy atom. The highest BCUT2D eigenvalue weighted by Crippen LogP contribution is 2.36. The molecule has 0 atom stereocenters. The van der Waals surface area contributed by atoms with Gasteiger partial charge in [0.05, 0.1) is 31.6 Å². The van der Waals surface area contributed by atoms with Gasteiger partial charge in [0.25, 0.3) is 11.8 Å². The van der Waals surface area contributed by atoms with Crippen molar-refractivity contribution in [2.75, 3.05) is 32.2 Å². The van der Waals surface area contributed by atoms with Gasteiger partial charge in [0.1, 0.15) is 0 Å². The number of carbonyl (C=O) groups is 2. The first kappa shape index (κ1) is 28.3. The molecule has 3 rings (SSSR count). The smallest absolute Gasteiger partial charge is 0.271 e. The zero-order valence-corrected chi connectivity index (χ0v) is 22.4. The van der Waals surface area contributed by atoms with Crippen LogP contribution in [0.25, 0.3) is 0 Å². The Kier molecular flexibility index (Phi) is 10.4. The molecule has 38 heavy (non-hydrogen) atoms. The minimum atomic E-state index is -0.430. The SMILES string of the molecule is CCOc1cc(C(=O)N/N=C/c2cc(Cl)c(OCC(=O)Nc3cccc(C)c3)c(OCC)c2)ccc1OC. The van der Waals surface area contributed by atoms with Gasteiger partial charge in [0.15, 0.2) is 29.6 Å². The topological polar surface area (TPSA) is 107 Å². The highest BCUT2D eigenvalue weighted by Gasteiger charge is 2.15. The second kappa shape index (κ2) is 13.9. The molecule has 9 nitrogen and oxygen atoms in total. The number of nitrogens with one attached hydrogen (secondary N) is 2. The number of hydrogen-bond acceptors (Lipinski definition) is 7. The molecule has 3 aromatic carbocycles. The fourth-order valence-electron chi connectivity index (χ4n) is 3.44. The normalized spacial score (nSPS) is 10.7. The monoisotopic (exact) mass is 539 g/mol. The lowest BCUT2D eigenvalue weighted by molar-refractivity contribution is -0.118. The van der Waals surface area contributed by atoms with E-state index in [1.54, 1.807) is 36.4 Å². The third-order valence-electron chi connectivity index (χ3n) is 5.09. The molecule has 200 valence electrons. The first-order valence-electron chi connectivity index (χ1n) is 11.9. The number of rotatable bonds is 12. The summed E-state index contributed by atoms with van der Waals surface area (Å²) in [6.07, 6.45) is 1.42. The first-order valence-corrected chi connectivity index (χ1v) is 12.3. The zero-order valence-electron chi connectivity index (χ0n) is 21.7. The summed E-state index contributed by atoms with van der Waals surface area (Å²) < 4.78 is 22.1. The van der Waals surface area contributed by atoms with E-state index >= 15 is 0 Å². The van der Waals surface area contributed by atoms with Crippen LogP contribution in [0.5, 0.6) is 23.0 Å². The van der Waals surface area contributed by atoms with Crippen molar-refractivity contribution in [1.29, 1.82) is 0 Å². The van der Waals surface area contributed by atoms with E-state index in [9.17, 15) is 9.59 Å².